The van der Waals surface area contributed by atoms with E-state index in [0.29, 0.717) is 56.2 Å². The molecule has 0 bridgehead atoms. The lowest BCUT2D eigenvalue weighted by molar-refractivity contribution is -0.150. The maximum atomic E-state index is 12.9. The van der Waals surface area contributed by atoms with E-state index in [9.17, 15) is 23.1 Å². The predicted octanol–water partition coefficient (Wildman–Crippen LogP) is 4.68. The summed E-state index contributed by atoms with van der Waals surface area (Å²) in [4.78, 5) is 13.4. The lowest BCUT2D eigenvalue weighted by Crippen LogP contribution is -2.33. The number of carboxylic acid groups (broad SMARTS) is 1. The zero-order chi connectivity index (χ0) is 25.0. The van der Waals surface area contributed by atoms with Crippen molar-refractivity contribution >= 4 is 30.8 Å². The second kappa shape index (κ2) is 13.7. The van der Waals surface area contributed by atoms with Crippen molar-refractivity contribution in [1.29, 1.82) is 0 Å². The molecule has 2 aromatic carbocycles. The van der Waals surface area contributed by atoms with Crippen LogP contribution in [0.1, 0.15) is 23.6 Å². The first-order valence-electron chi connectivity index (χ1n) is 11.9. The number of ether oxygens (including phenoxy) is 2. The summed E-state index contributed by atoms with van der Waals surface area (Å²) in [5, 5.41) is 12.7. The van der Waals surface area contributed by atoms with E-state index in [0.717, 1.165) is 30.5 Å². The fraction of sp³-hybridized carbons (Fsp3) is 0.500. The minimum absolute atomic E-state index is 0. The number of carboxylic acids is 1. The molecule has 6 nitrogen and oxygen atoms in total. The number of hydrogen-bond acceptors (Lipinski definition) is 5. The Labute approximate surface area is 227 Å². The zero-order valence-electron chi connectivity index (χ0n) is 20.4. The van der Waals surface area contributed by atoms with Crippen molar-refractivity contribution in [3.63, 3.8) is 0 Å². The molecule has 2 aromatic rings. The van der Waals surface area contributed by atoms with Crippen molar-refractivity contribution in [2.24, 2.45) is 11.8 Å². The van der Waals surface area contributed by atoms with Crippen LogP contribution < -0.4 is 10.1 Å². The Balaban J connectivity index is 0.00000241. The topological polar surface area (TPSA) is 71.0 Å². The molecule has 0 radical (unpaired) electrons. The molecule has 1 aliphatic heterocycles. The van der Waals surface area contributed by atoms with Crippen molar-refractivity contribution in [3.8, 4) is 5.75 Å². The fourth-order valence-corrected chi connectivity index (χ4v) is 4.90. The smallest absolute Gasteiger partial charge is 0.416 e. The van der Waals surface area contributed by atoms with E-state index >= 15 is 0 Å². The van der Waals surface area contributed by atoms with Gasteiger partial charge in [0.05, 0.1) is 5.56 Å². The summed E-state index contributed by atoms with van der Waals surface area (Å²) in [5.74, 6) is 0.823. The van der Waals surface area contributed by atoms with Gasteiger partial charge in [-0.25, -0.2) is 4.79 Å². The molecule has 11 heteroatoms. The molecule has 1 saturated carbocycles. The second-order valence-electron chi connectivity index (χ2n) is 9.18. The molecule has 2 N–H and O–H groups in total. The molecule has 2 unspecified atom stereocenters. The minimum atomic E-state index is -4.31. The molecular weight excluding hydrogens is 532 g/mol. The molecule has 2 fully saturated rings. The van der Waals surface area contributed by atoms with Gasteiger partial charge in [-0.3, -0.25) is 4.90 Å². The Kier molecular flexibility index (Phi) is 11.5. The summed E-state index contributed by atoms with van der Waals surface area (Å²) < 4.78 is 49.8. The van der Waals surface area contributed by atoms with E-state index in [-0.39, 0.29) is 24.8 Å². The average molecular weight is 565 g/mol. The van der Waals surface area contributed by atoms with Crippen LogP contribution in [0.3, 0.4) is 0 Å². The predicted molar refractivity (Wildman–Crippen MR) is 139 cm³/mol. The third kappa shape index (κ3) is 8.48. The van der Waals surface area contributed by atoms with Crippen molar-refractivity contribution in [1.82, 2.24) is 10.2 Å². The van der Waals surface area contributed by atoms with Gasteiger partial charge in [0.25, 0.3) is 0 Å². The van der Waals surface area contributed by atoms with Gasteiger partial charge in [0.2, 0.25) is 0 Å². The van der Waals surface area contributed by atoms with Crippen LogP contribution in [-0.4, -0.2) is 61.0 Å². The fourth-order valence-electron chi connectivity index (χ4n) is 4.90. The van der Waals surface area contributed by atoms with Gasteiger partial charge in [0.1, 0.15) is 12.4 Å². The number of alkyl halides is 3. The van der Waals surface area contributed by atoms with Crippen LogP contribution in [0.15, 0.2) is 48.5 Å². The summed E-state index contributed by atoms with van der Waals surface area (Å²) >= 11 is 0. The number of nitrogens with one attached hydrogen (secondary N) is 1. The summed E-state index contributed by atoms with van der Waals surface area (Å²) in [6.07, 6.45) is -4.86. The highest BCUT2D eigenvalue weighted by atomic mass is 35.5. The summed E-state index contributed by atoms with van der Waals surface area (Å²) in [5.41, 5.74) is 0.974. The number of halogens is 5. The van der Waals surface area contributed by atoms with Gasteiger partial charge in [-0.15, -0.1) is 24.8 Å². The first kappa shape index (κ1) is 31.2. The van der Waals surface area contributed by atoms with E-state index < -0.39 is 23.8 Å². The Morgan fingerprint density at radius 1 is 1.11 bits per heavy atom. The van der Waals surface area contributed by atoms with Gasteiger partial charge in [-0.05, 0) is 48.1 Å². The number of benzene rings is 2. The van der Waals surface area contributed by atoms with Crippen LogP contribution in [0.25, 0.3) is 0 Å². The van der Waals surface area contributed by atoms with Gasteiger partial charge in [-0.1, -0.05) is 30.3 Å². The zero-order valence-corrected chi connectivity index (χ0v) is 22.1. The first-order valence-corrected chi connectivity index (χ1v) is 11.9. The number of likely N-dealkylation sites (tertiary alicyclic amines) is 1. The number of aliphatic carboxylic acids is 1. The van der Waals surface area contributed by atoms with Crippen LogP contribution in [-0.2, 0) is 28.7 Å². The quantitative estimate of drug-likeness (QED) is 0.365. The lowest BCUT2D eigenvalue weighted by atomic mass is 10.1. The van der Waals surface area contributed by atoms with E-state index in [2.05, 4.69) is 10.2 Å². The highest BCUT2D eigenvalue weighted by Crippen LogP contribution is 2.45. The molecule has 2 aliphatic rings. The molecule has 4 rings (SSSR count). The van der Waals surface area contributed by atoms with Gasteiger partial charge in [0.15, 0.2) is 6.10 Å². The van der Waals surface area contributed by atoms with E-state index in [4.69, 9.17) is 9.47 Å². The number of hydrogen-bond donors (Lipinski definition) is 2. The first-order chi connectivity index (χ1) is 16.7. The Hall–Kier alpha value is -2.04. The molecule has 1 aliphatic carbocycles. The van der Waals surface area contributed by atoms with Gasteiger partial charge in [0, 0.05) is 45.2 Å². The van der Waals surface area contributed by atoms with Crippen molar-refractivity contribution in [2.45, 2.75) is 38.2 Å². The van der Waals surface area contributed by atoms with Crippen LogP contribution in [0.2, 0.25) is 0 Å². The SMILES string of the molecule is CCO[C@@H](Cc1ccc(OCCNC2C3CN(Cc4cccc(C(F)(F)F)c4)C[C@@H]32)cc1)C(=O)O.Cl.Cl. The third-order valence-electron chi connectivity index (χ3n) is 6.67. The molecule has 206 valence electrons. The molecule has 1 heterocycles. The van der Waals surface area contributed by atoms with E-state index in [1.165, 1.54) is 12.1 Å². The number of nitrogens with zero attached hydrogens (tertiary/aromatic N) is 1. The maximum absolute atomic E-state index is 12.9. The standard InChI is InChI=1S/C26H31F3N2O4.2ClH/c1-2-34-23(25(32)33)13-17-6-8-20(9-7-17)35-11-10-30-24-21-15-31(16-22(21)24)14-18-4-3-5-19(12-18)26(27,28)29;;/h3-9,12,21-24,30H,2,10-11,13-16H2,1H3,(H,32,33);2*1H/t21-,22?,23-,24?;;/m0../s1. The Morgan fingerprint density at radius 3 is 2.38 bits per heavy atom. The third-order valence-corrected chi connectivity index (χ3v) is 6.67. The highest BCUT2D eigenvalue weighted by Gasteiger charge is 2.55. The Morgan fingerprint density at radius 2 is 1.78 bits per heavy atom. The molecule has 1 saturated heterocycles. The van der Waals surface area contributed by atoms with Gasteiger partial charge in [-0.2, -0.15) is 13.2 Å². The number of fused-ring (bicyclic) bond motifs is 1. The van der Waals surface area contributed by atoms with E-state index in [1.807, 2.05) is 24.3 Å². The molecular formula is C26H33Cl2F3N2O4. The lowest BCUT2D eigenvalue weighted by Gasteiger charge is -2.20. The number of piperidine rings is 1. The minimum Gasteiger partial charge on any atom is -0.492 e. The van der Waals surface area contributed by atoms with Crippen molar-refractivity contribution in [3.05, 3.63) is 65.2 Å². The summed E-state index contributed by atoms with van der Waals surface area (Å²) in [6.45, 7) is 5.66. The summed E-state index contributed by atoms with van der Waals surface area (Å²) in [7, 11) is 0. The molecule has 4 atom stereocenters. The molecule has 37 heavy (non-hydrogen) atoms. The molecule has 0 spiro atoms. The highest BCUT2D eigenvalue weighted by molar-refractivity contribution is 5.85. The van der Waals surface area contributed by atoms with Crippen LogP contribution >= 0.6 is 24.8 Å². The van der Waals surface area contributed by atoms with Crippen molar-refractivity contribution < 1.29 is 32.5 Å². The van der Waals surface area contributed by atoms with Crippen LogP contribution in [0.4, 0.5) is 13.2 Å². The molecule has 0 amide bonds. The number of carbonyl (C=O) groups is 1. The number of rotatable bonds is 12. The maximum Gasteiger partial charge on any atom is 0.416 e. The van der Waals surface area contributed by atoms with Crippen LogP contribution in [0.5, 0.6) is 5.75 Å². The second-order valence-corrected chi connectivity index (χ2v) is 9.18. The molecule has 0 aromatic heterocycles. The van der Waals surface area contributed by atoms with Crippen molar-refractivity contribution in [2.75, 3.05) is 32.8 Å². The van der Waals surface area contributed by atoms with Gasteiger partial charge < -0.3 is 19.9 Å². The van der Waals surface area contributed by atoms with Gasteiger partial charge >= 0.3 is 12.1 Å². The average Bonchev–Trinajstić information content (AvgIpc) is 3.26. The largest absolute Gasteiger partial charge is 0.492 e. The monoisotopic (exact) mass is 564 g/mol. The summed E-state index contributed by atoms with van der Waals surface area (Å²) in [6, 6.07) is 13.4. The van der Waals surface area contributed by atoms with Crippen LogP contribution in [0, 0.1) is 11.8 Å². The Bertz CT molecular complexity index is 998. The normalized spacial score (nSPS) is 21.4. The van der Waals surface area contributed by atoms with E-state index in [1.54, 1.807) is 13.0 Å².